The van der Waals surface area contributed by atoms with E-state index in [-0.39, 0.29) is 0 Å². The lowest BCUT2D eigenvalue weighted by atomic mass is 9.98. The molecule has 2 N–H and O–H groups in total. The molecule has 0 heterocycles. The van der Waals surface area contributed by atoms with Gasteiger partial charge in [-0.05, 0) is 18.9 Å². The highest BCUT2D eigenvalue weighted by Gasteiger charge is 2.15. The van der Waals surface area contributed by atoms with Crippen molar-refractivity contribution in [3.63, 3.8) is 0 Å². The van der Waals surface area contributed by atoms with Crippen LogP contribution < -0.4 is 5.73 Å². The summed E-state index contributed by atoms with van der Waals surface area (Å²) in [6.45, 7) is 12.2. The Morgan fingerprint density at radius 3 is 2.29 bits per heavy atom. The highest BCUT2D eigenvalue weighted by Crippen LogP contribution is 2.15. The van der Waals surface area contributed by atoms with Gasteiger partial charge in [0.1, 0.15) is 0 Å². The largest absolute Gasteiger partial charge is 0.393 e. The summed E-state index contributed by atoms with van der Waals surface area (Å²) in [4.78, 5) is 3.14. The smallest absolute Gasteiger partial charge is 0.0768 e. The molecule has 2 unspecified atom stereocenters. The Kier molecular flexibility index (Phi) is 9.75. The number of rotatable bonds is 10. The monoisotopic (exact) mass is 258 g/mol. The van der Waals surface area contributed by atoms with E-state index in [4.69, 9.17) is 18.0 Å². The molecule has 0 spiro atoms. The summed E-state index contributed by atoms with van der Waals surface area (Å²) in [5.41, 5.74) is 5.69. The van der Waals surface area contributed by atoms with Crippen LogP contribution >= 0.6 is 12.2 Å². The summed E-state index contributed by atoms with van der Waals surface area (Å²) in [5.74, 6) is 1.15. The molecule has 3 heteroatoms. The zero-order valence-electron chi connectivity index (χ0n) is 12.0. The first kappa shape index (κ1) is 16.9. The maximum atomic E-state index is 5.69. The van der Waals surface area contributed by atoms with Crippen molar-refractivity contribution in [3.05, 3.63) is 0 Å². The minimum atomic E-state index is 0.327. The second kappa shape index (κ2) is 9.84. The minimum Gasteiger partial charge on any atom is -0.393 e. The zero-order valence-corrected chi connectivity index (χ0v) is 12.9. The molecule has 0 bridgehead atoms. The van der Waals surface area contributed by atoms with Crippen LogP contribution in [0.3, 0.4) is 0 Å². The summed E-state index contributed by atoms with van der Waals surface area (Å²) in [6.07, 6.45) is 5.27. The normalized spacial score (nSPS) is 14.9. The van der Waals surface area contributed by atoms with Gasteiger partial charge in [0.05, 0.1) is 4.99 Å². The van der Waals surface area contributed by atoms with Gasteiger partial charge >= 0.3 is 0 Å². The summed E-state index contributed by atoms with van der Waals surface area (Å²) in [5, 5.41) is 0. The van der Waals surface area contributed by atoms with Gasteiger partial charge in [0, 0.05) is 19.0 Å². The Morgan fingerprint density at radius 2 is 1.88 bits per heavy atom. The zero-order chi connectivity index (χ0) is 13.3. The fourth-order valence-electron chi connectivity index (χ4n) is 2.09. The Labute approximate surface area is 113 Å². The van der Waals surface area contributed by atoms with E-state index in [9.17, 15) is 0 Å². The molecule has 17 heavy (non-hydrogen) atoms. The van der Waals surface area contributed by atoms with Crippen LogP contribution in [0, 0.1) is 11.8 Å². The SMILES string of the molecule is CCCCC(CC)CN(CC)CC(C)C(N)=S. The first-order chi connectivity index (χ1) is 8.04. The number of thiocarbonyl (C=S) groups is 1. The van der Waals surface area contributed by atoms with Crippen molar-refractivity contribution < 1.29 is 0 Å². The van der Waals surface area contributed by atoms with E-state index in [1.807, 2.05) is 0 Å². The van der Waals surface area contributed by atoms with Crippen molar-refractivity contribution in [2.45, 2.75) is 53.4 Å². The first-order valence-electron chi connectivity index (χ1n) is 7.06. The van der Waals surface area contributed by atoms with E-state index in [2.05, 4.69) is 32.6 Å². The number of hydrogen-bond donors (Lipinski definition) is 1. The number of unbranched alkanes of at least 4 members (excludes halogenated alkanes) is 1. The van der Waals surface area contributed by atoms with Crippen LogP contribution in [0.4, 0.5) is 0 Å². The second-order valence-corrected chi connectivity index (χ2v) is 5.54. The number of hydrogen-bond acceptors (Lipinski definition) is 2. The molecule has 0 aromatic heterocycles. The van der Waals surface area contributed by atoms with Crippen molar-refractivity contribution in [2.24, 2.45) is 17.6 Å². The molecule has 0 saturated heterocycles. The average Bonchev–Trinajstić information content (AvgIpc) is 2.32. The van der Waals surface area contributed by atoms with Crippen molar-refractivity contribution >= 4 is 17.2 Å². The average molecular weight is 258 g/mol. The van der Waals surface area contributed by atoms with Crippen molar-refractivity contribution in [2.75, 3.05) is 19.6 Å². The Bertz CT molecular complexity index is 206. The summed E-state index contributed by atoms with van der Waals surface area (Å²) < 4.78 is 0. The fourth-order valence-corrected chi connectivity index (χ4v) is 2.17. The second-order valence-electron chi connectivity index (χ2n) is 5.07. The lowest BCUT2D eigenvalue weighted by Gasteiger charge is -2.28. The molecule has 0 amide bonds. The predicted octanol–water partition coefficient (Wildman–Crippen LogP) is 3.45. The molecule has 0 aromatic rings. The van der Waals surface area contributed by atoms with E-state index in [0.29, 0.717) is 10.9 Å². The molecule has 2 atom stereocenters. The van der Waals surface area contributed by atoms with Crippen LogP contribution in [-0.4, -0.2) is 29.5 Å². The van der Waals surface area contributed by atoms with Crippen LogP contribution in [-0.2, 0) is 0 Å². The summed E-state index contributed by atoms with van der Waals surface area (Å²) in [6, 6.07) is 0. The molecule has 102 valence electrons. The molecule has 0 aliphatic heterocycles. The Balaban J connectivity index is 4.12. The van der Waals surface area contributed by atoms with Crippen molar-refractivity contribution in [1.29, 1.82) is 0 Å². The van der Waals surface area contributed by atoms with Gasteiger partial charge in [0.15, 0.2) is 0 Å². The van der Waals surface area contributed by atoms with Crippen LogP contribution in [0.1, 0.15) is 53.4 Å². The first-order valence-corrected chi connectivity index (χ1v) is 7.47. The topological polar surface area (TPSA) is 29.3 Å². The Hall–Kier alpha value is -0.150. The number of nitrogens with zero attached hydrogens (tertiary/aromatic N) is 1. The molecule has 0 aromatic carbocycles. The van der Waals surface area contributed by atoms with Gasteiger partial charge in [-0.2, -0.15) is 0 Å². The van der Waals surface area contributed by atoms with E-state index in [1.165, 1.54) is 32.2 Å². The fraction of sp³-hybridized carbons (Fsp3) is 0.929. The molecule has 2 nitrogen and oxygen atoms in total. The standard InChI is InChI=1S/C14H30N2S/c1-5-8-9-13(6-2)11-16(7-3)10-12(4)14(15)17/h12-13H,5-11H2,1-4H3,(H2,15,17). The van der Waals surface area contributed by atoms with Gasteiger partial charge in [0.25, 0.3) is 0 Å². The van der Waals surface area contributed by atoms with Crippen molar-refractivity contribution in [3.8, 4) is 0 Å². The van der Waals surface area contributed by atoms with E-state index < -0.39 is 0 Å². The lowest BCUT2D eigenvalue weighted by molar-refractivity contribution is 0.217. The molecule has 0 aliphatic carbocycles. The third-order valence-corrected chi connectivity index (χ3v) is 3.93. The van der Waals surface area contributed by atoms with Crippen molar-refractivity contribution in [1.82, 2.24) is 4.90 Å². The van der Waals surface area contributed by atoms with Gasteiger partial charge in [-0.25, -0.2) is 0 Å². The van der Waals surface area contributed by atoms with Gasteiger partial charge < -0.3 is 10.6 Å². The highest BCUT2D eigenvalue weighted by molar-refractivity contribution is 7.80. The quantitative estimate of drug-likeness (QED) is 0.609. The van der Waals surface area contributed by atoms with Crippen LogP contribution in [0.25, 0.3) is 0 Å². The van der Waals surface area contributed by atoms with Gasteiger partial charge in [0.2, 0.25) is 0 Å². The maximum Gasteiger partial charge on any atom is 0.0768 e. The molecule has 0 rings (SSSR count). The van der Waals surface area contributed by atoms with Gasteiger partial charge in [-0.15, -0.1) is 0 Å². The molecular formula is C14H30N2S. The third-order valence-electron chi connectivity index (χ3n) is 3.52. The predicted molar refractivity (Wildman–Crippen MR) is 81.4 cm³/mol. The van der Waals surface area contributed by atoms with Gasteiger partial charge in [-0.1, -0.05) is 59.2 Å². The molecule has 0 saturated carbocycles. The third kappa shape index (κ3) is 7.72. The highest BCUT2D eigenvalue weighted by atomic mass is 32.1. The summed E-state index contributed by atoms with van der Waals surface area (Å²) >= 11 is 5.05. The van der Waals surface area contributed by atoms with E-state index >= 15 is 0 Å². The Morgan fingerprint density at radius 1 is 1.24 bits per heavy atom. The van der Waals surface area contributed by atoms with Crippen LogP contribution in [0.2, 0.25) is 0 Å². The minimum absolute atomic E-state index is 0.327. The maximum absolute atomic E-state index is 5.69. The van der Waals surface area contributed by atoms with E-state index in [0.717, 1.165) is 19.0 Å². The molecule has 0 radical (unpaired) electrons. The molecule has 0 aliphatic rings. The number of nitrogens with two attached hydrogens (primary N) is 1. The lowest BCUT2D eigenvalue weighted by Crippen LogP contribution is -2.36. The van der Waals surface area contributed by atoms with Crippen LogP contribution in [0.5, 0.6) is 0 Å². The summed E-state index contributed by atoms with van der Waals surface area (Å²) in [7, 11) is 0. The molecular weight excluding hydrogens is 228 g/mol. The van der Waals surface area contributed by atoms with E-state index in [1.54, 1.807) is 0 Å². The molecule has 0 fully saturated rings. The van der Waals surface area contributed by atoms with Gasteiger partial charge in [-0.3, -0.25) is 0 Å². The van der Waals surface area contributed by atoms with Crippen LogP contribution in [0.15, 0.2) is 0 Å².